The molecule has 1 unspecified atom stereocenters. The van der Waals surface area contributed by atoms with Crippen molar-refractivity contribution in [3.63, 3.8) is 0 Å². The third-order valence-electron chi connectivity index (χ3n) is 4.09. The molecule has 0 spiro atoms. The van der Waals surface area contributed by atoms with E-state index in [4.69, 9.17) is 15.2 Å². The van der Waals surface area contributed by atoms with E-state index in [9.17, 15) is 8.78 Å². The predicted octanol–water partition coefficient (Wildman–Crippen LogP) is 3.28. The lowest BCUT2D eigenvalue weighted by molar-refractivity contribution is -0.0523. The average Bonchev–Trinajstić information content (AvgIpc) is 2.84. The lowest BCUT2D eigenvalue weighted by Gasteiger charge is -2.23. The van der Waals surface area contributed by atoms with Crippen molar-refractivity contribution >= 4 is 12.4 Å². The van der Waals surface area contributed by atoms with Gasteiger partial charge in [0.05, 0.1) is 6.61 Å². The molecule has 2 rings (SSSR count). The highest BCUT2D eigenvalue weighted by Gasteiger charge is 2.32. The molecule has 0 radical (unpaired) electrons. The third kappa shape index (κ3) is 5.19. The molecule has 0 aliphatic carbocycles. The molecule has 0 amide bonds. The summed E-state index contributed by atoms with van der Waals surface area (Å²) in [4.78, 5) is 2.22. The van der Waals surface area contributed by atoms with Gasteiger partial charge in [0.25, 0.3) is 0 Å². The number of nitrogens with zero attached hydrogens (tertiary/aromatic N) is 1. The highest BCUT2D eigenvalue weighted by Crippen LogP contribution is 2.36. The van der Waals surface area contributed by atoms with Gasteiger partial charge in [-0.25, -0.2) is 0 Å². The molecule has 0 aromatic heterocycles. The molecule has 1 aromatic carbocycles. The fourth-order valence-electron chi connectivity index (χ4n) is 2.85. The summed E-state index contributed by atoms with van der Waals surface area (Å²) in [5.74, 6) is 0.502. The molecule has 1 heterocycles. The van der Waals surface area contributed by atoms with Crippen LogP contribution in [-0.2, 0) is 6.54 Å². The van der Waals surface area contributed by atoms with Crippen LogP contribution in [0.2, 0.25) is 0 Å². The first kappa shape index (κ1) is 19.9. The molecule has 4 nitrogen and oxygen atoms in total. The molecule has 1 aliphatic rings. The van der Waals surface area contributed by atoms with Gasteiger partial charge in [-0.15, -0.1) is 12.4 Å². The zero-order valence-corrected chi connectivity index (χ0v) is 14.4. The van der Waals surface area contributed by atoms with Gasteiger partial charge < -0.3 is 15.2 Å². The van der Waals surface area contributed by atoms with Crippen molar-refractivity contribution in [1.82, 2.24) is 4.90 Å². The Morgan fingerprint density at radius 1 is 1.39 bits per heavy atom. The van der Waals surface area contributed by atoms with E-state index in [0.717, 1.165) is 19.5 Å². The van der Waals surface area contributed by atoms with Crippen molar-refractivity contribution in [2.24, 2.45) is 11.1 Å². The SMILES string of the molecule is CCOc1cccc(CN2CCC(C)(CN)C2)c1OC(F)F.Cl. The topological polar surface area (TPSA) is 47.7 Å². The van der Waals surface area contributed by atoms with Gasteiger partial charge in [-0.2, -0.15) is 8.78 Å². The standard InChI is InChI=1S/C16H24F2N2O2.ClH/c1-3-21-13-6-4-5-12(14(13)22-15(17)18)9-20-8-7-16(2,10-19)11-20;/h4-6,15H,3,7-11,19H2,1-2H3;1H. The molecule has 132 valence electrons. The zero-order chi connectivity index (χ0) is 16.2. The van der Waals surface area contributed by atoms with Crippen LogP contribution in [0, 0.1) is 5.41 Å². The van der Waals surface area contributed by atoms with Crippen LogP contribution in [0.15, 0.2) is 18.2 Å². The van der Waals surface area contributed by atoms with E-state index in [-0.39, 0.29) is 23.6 Å². The van der Waals surface area contributed by atoms with Crippen molar-refractivity contribution < 1.29 is 18.3 Å². The number of nitrogens with two attached hydrogens (primary N) is 1. The number of hydrogen-bond acceptors (Lipinski definition) is 4. The average molecular weight is 351 g/mol. The van der Waals surface area contributed by atoms with Crippen LogP contribution in [0.5, 0.6) is 11.5 Å². The zero-order valence-electron chi connectivity index (χ0n) is 13.6. The Hall–Kier alpha value is -1.11. The maximum Gasteiger partial charge on any atom is 0.387 e. The Balaban J connectivity index is 0.00000264. The molecule has 1 aliphatic heterocycles. The number of ether oxygens (including phenoxy) is 2. The molecular weight excluding hydrogens is 326 g/mol. The smallest absolute Gasteiger partial charge is 0.387 e. The Bertz CT molecular complexity index is 505. The summed E-state index contributed by atoms with van der Waals surface area (Å²) in [7, 11) is 0. The molecule has 23 heavy (non-hydrogen) atoms. The maximum atomic E-state index is 12.7. The van der Waals surface area contributed by atoms with E-state index in [2.05, 4.69) is 11.8 Å². The van der Waals surface area contributed by atoms with Crippen LogP contribution in [0.3, 0.4) is 0 Å². The number of likely N-dealkylation sites (tertiary alicyclic amines) is 1. The molecule has 1 atom stereocenters. The second-order valence-electron chi connectivity index (χ2n) is 6.03. The monoisotopic (exact) mass is 350 g/mol. The van der Waals surface area contributed by atoms with E-state index in [1.807, 2.05) is 6.92 Å². The molecule has 2 N–H and O–H groups in total. The second-order valence-corrected chi connectivity index (χ2v) is 6.03. The van der Waals surface area contributed by atoms with Crippen LogP contribution in [0.25, 0.3) is 0 Å². The van der Waals surface area contributed by atoms with Crippen LogP contribution in [0.1, 0.15) is 25.8 Å². The molecular formula is C16H25ClF2N2O2. The van der Waals surface area contributed by atoms with Gasteiger partial charge in [0.15, 0.2) is 11.5 Å². The fourth-order valence-corrected chi connectivity index (χ4v) is 2.85. The van der Waals surface area contributed by atoms with Crippen molar-refractivity contribution in [2.75, 3.05) is 26.2 Å². The summed E-state index contributed by atoms with van der Waals surface area (Å²) in [5, 5.41) is 0. The Kier molecular flexibility index (Phi) is 7.51. The summed E-state index contributed by atoms with van der Waals surface area (Å²) < 4.78 is 35.5. The lowest BCUT2D eigenvalue weighted by Crippen LogP contribution is -2.31. The Labute approximate surface area is 142 Å². The summed E-state index contributed by atoms with van der Waals surface area (Å²) >= 11 is 0. The predicted molar refractivity (Wildman–Crippen MR) is 88.5 cm³/mol. The summed E-state index contributed by atoms with van der Waals surface area (Å²) in [6, 6.07) is 5.26. The number of benzene rings is 1. The van der Waals surface area contributed by atoms with E-state index in [1.54, 1.807) is 18.2 Å². The van der Waals surface area contributed by atoms with Gasteiger partial charge in [0.1, 0.15) is 0 Å². The van der Waals surface area contributed by atoms with Crippen molar-refractivity contribution in [2.45, 2.75) is 33.4 Å². The van der Waals surface area contributed by atoms with Crippen LogP contribution < -0.4 is 15.2 Å². The first-order valence-corrected chi connectivity index (χ1v) is 7.59. The quantitative estimate of drug-likeness (QED) is 0.819. The number of hydrogen-bond donors (Lipinski definition) is 1. The molecule has 1 saturated heterocycles. The van der Waals surface area contributed by atoms with Crippen molar-refractivity contribution in [3.8, 4) is 11.5 Å². The molecule has 1 aromatic rings. The lowest BCUT2D eigenvalue weighted by atomic mass is 9.90. The van der Waals surface area contributed by atoms with Gasteiger partial charge in [-0.3, -0.25) is 4.90 Å². The second kappa shape index (κ2) is 8.66. The van der Waals surface area contributed by atoms with Crippen molar-refractivity contribution in [1.29, 1.82) is 0 Å². The van der Waals surface area contributed by atoms with E-state index < -0.39 is 6.61 Å². The van der Waals surface area contributed by atoms with E-state index in [1.165, 1.54) is 0 Å². The largest absolute Gasteiger partial charge is 0.490 e. The summed E-state index contributed by atoms with van der Waals surface area (Å²) in [6.07, 6.45) is 1.01. The van der Waals surface area contributed by atoms with Gasteiger partial charge in [0.2, 0.25) is 0 Å². The minimum atomic E-state index is -2.87. The van der Waals surface area contributed by atoms with E-state index >= 15 is 0 Å². The van der Waals surface area contributed by atoms with E-state index in [0.29, 0.717) is 31.0 Å². The van der Waals surface area contributed by atoms with Crippen LogP contribution in [0.4, 0.5) is 8.78 Å². The van der Waals surface area contributed by atoms with Crippen LogP contribution in [-0.4, -0.2) is 37.8 Å². The molecule has 0 saturated carbocycles. The summed E-state index contributed by atoms with van der Waals surface area (Å²) in [5.41, 5.74) is 6.63. The third-order valence-corrected chi connectivity index (χ3v) is 4.09. The maximum absolute atomic E-state index is 12.7. The van der Waals surface area contributed by atoms with Gasteiger partial charge in [-0.1, -0.05) is 19.1 Å². The fraction of sp³-hybridized carbons (Fsp3) is 0.625. The number of rotatable bonds is 7. The molecule has 0 bridgehead atoms. The Morgan fingerprint density at radius 3 is 2.70 bits per heavy atom. The van der Waals surface area contributed by atoms with Crippen LogP contribution >= 0.6 is 12.4 Å². The first-order chi connectivity index (χ1) is 10.5. The normalized spacial score (nSPS) is 21.3. The molecule has 7 heteroatoms. The number of halogens is 3. The summed E-state index contributed by atoms with van der Waals surface area (Å²) in [6.45, 7) is 4.44. The van der Waals surface area contributed by atoms with Gasteiger partial charge in [0, 0.05) is 18.7 Å². The van der Waals surface area contributed by atoms with Crippen molar-refractivity contribution in [3.05, 3.63) is 23.8 Å². The highest BCUT2D eigenvalue weighted by molar-refractivity contribution is 5.85. The van der Waals surface area contributed by atoms with Gasteiger partial charge in [-0.05, 0) is 37.9 Å². The number of alkyl halides is 2. The Morgan fingerprint density at radius 2 is 2.13 bits per heavy atom. The minimum absolute atomic E-state index is 0. The first-order valence-electron chi connectivity index (χ1n) is 7.59. The van der Waals surface area contributed by atoms with Gasteiger partial charge >= 0.3 is 6.61 Å². The number of para-hydroxylation sites is 1. The highest BCUT2D eigenvalue weighted by atomic mass is 35.5. The molecule has 1 fully saturated rings. The minimum Gasteiger partial charge on any atom is -0.490 e.